The first kappa shape index (κ1) is 16.1. The van der Waals surface area contributed by atoms with Gasteiger partial charge in [0.25, 0.3) is 0 Å². The summed E-state index contributed by atoms with van der Waals surface area (Å²) in [5.41, 5.74) is 2.78. The Bertz CT molecular complexity index is 644. The summed E-state index contributed by atoms with van der Waals surface area (Å²) in [6, 6.07) is 13.8. The number of hydrogen-bond acceptors (Lipinski definition) is 4. The van der Waals surface area contributed by atoms with E-state index in [1.807, 2.05) is 0 Å². The van der Waals surface area contributed by atoms with E-state index >= 15 is 0 Å². The molecule has 4 nitrogen and oxygen atoms in total. The molecule has 0 aliphatic heterocycles. The second kappa shape index (κ2) is 7.11. The van der Waals surface area contributed by atoms with Crippen molar-refractivity contribution in [1.29, 1.82) is 0 Å². The predicted molar refractivity (Wildman–Crippen MR) is 82.8 cm³/mol. The predicted octanol–water partition coefficient (Wildman–Crippen LogP) is 2.25. The maximum atomic E-state index is 12.0. The molecule has 0 saturated carbocycles. The van der Waals surface area contributed by atoms with Crippen molar-refractivity contribution >= 4 is 12.1 Å². The number of ketones is 1. The minimum absolute atomic E-state index is 0.00527. The van der Waals surface area contributed by atoms with Crippen molar-refractivity contribution in [2.45, 2.75) is 18.9 Å². The van der Waals surface area contributed by atoms with Gasteiger partial charge in [0.2, 0.25) is 0 Å². The Balaban J connectivity index is 2.35. The van der Waals surface area contributed by atoms with Gasteiger partial charge in [0, 0.05) is 5.56 Å². The lowest BCUT2D eigenvalue weighted by Crippen LogP contribution is -2.11. The van der Waals surface area contributed by atoms with Gasteiger partial charge >= 0.3 is 0 Å². The van der Waals surface area contributed by atoms with E-state index in [2.05, 4.69) is 0 Å². The van der Waals surface area contributed by atoms with Gasteiger partial charge in [-0.25, -0.2) is 0 Å². The Morgan fingerprint density at radius 1 is 1.00 bits per heavy atom. The summed E-state index contributed by atoms with van der Waals surface area (Å²) in [6.45, 7) is 1.18. The van der Waals surface area contributed by atoms with Gasteiger partial charge in [0.05, 0.1) is 12.5 Å². The molecule has 2 rings (SSSR count). The summed E-state index contributed by atoms with van der Waals surface area (Å²) in [6.07, 6.45) is -0.158. The van der Waals surface area contributed by atoms with Crippen LogP contribution in [0.25, 0.3) is 0 Å². The van der Waals surface area contributed by atoms with E-state index in [0.717, 1.165) is 17.4 Å². The molecule has 0 radical (unpaired) electrons. The van der Waals surface area contributed by atoms with Crippen LogP contribution < -0.4 is 0 Å². The standard InChI is InChI=1S/C18H18O4/c1-12(21)18(15-4-2-13(10-19)3-5-15)16-8-6-14(7-9-16)17(22)11-20/h2-10,17-18,20,22H,11H2,1H3. The number of carbonyl (C=O) groups excluding carboxylic acids is 2. The zero-order chi connectivity index (χ0) is 16.1. The molecule has 114 valence electrons. The third-order valence-electron chi connectivity index (χ3n) is 3.64. The van der Waals surface area contributed by atoms with Crippen molar-refractivity contribution in [3.8, 4) is 0 Å². The Morgan fingerprint density at radius 2 is 1.45 bits per heavy atom. The number of hydrogen-bond donors (Lipinski definition) is 2. The fourth-order valence-corrected chi connectivity index (χ4v) is 2.44. The molecule has 0 amide bonds. The zero-order valence-electron chi connectivity index (χ0n) is 12.3. The van der Waals surface area contributed by atoms with Crippen LogP contribution in [-0.2, 0) is 4.79 Å². The highest BCUT2D eigenvalue weighted by Crippen LogP contribution is 2.27. The molecule has 0 aliphatic carbocycles. The molecule has 0 spiro atoms. The molecule has 0 aliphatic rings. The van der Waals surface area contributed by atoms with Crippen molar-refractivity contribution in [2.75, 3.05) is 6.61 Å². The van der Waals surface area contributed by atoms with Crippen LogP contribution in [0.4, 0.5) is 0 Å². The van der Waals surface area contributed by atoms with E-state index in [4.69, 9.17) is 5.11 Å². The highest BCUT2D eigenvalue weighted by Gasteiger charge is 2.19. The Hall–Kier alpha value is -2.30. The van der Waals surface area contributed by atoms with E-state index in [-0.39, 0.29) is 12.4 Å². The minimum Gasteiger partial charge on any atom is -0.393 e. The quantitative estimate of drug-likeness (QED) is 0.802. The maximum absolute atomic E-state index is 12.0. The number of benzene rings is 2. The van der Waals surface area contributed by atoms with Gasteiger partial charge in [-0.3, -0.25) is 9.59 Å². The second-order valence-electron chi connectivity index (χ2n) is 5.19. The molecular formula is C18H18O4. The van der Waals surface area contributed by atoms with Gasteiger partial charge < -0.3 is 10.2 Å². The number of aliphatic hydroxyl groups is 2. The molecule has 22 heavy (non-hydrogen) atoms. The highest BCUT2D eigenvalue weighted by molar-refractivity contribution is 5.87. The number of aliphatic hydroxyl groups excluding tert-OH is 2. The number of carbonyl (C=O) groups is 2. The van der Waals surface area contributed by atoms with E-state index < -0.39 is 12.0 Å². The van der Waals surface area contributed by atoms with Crippen LogP contribution in [0.15, 0.2) is 48.5 Å². The van der Waals surface area contributed by atoms with Crippen LogP contribution >= 0.6 is 0 Å². The normalized spacial score (nSPS) is 13.4. The molecule has 0 aromatic heterocycles. The summed E-state index contributed by atoms with van der Waals surface area (Å²) in [5.74, 6) is -0.421. The van der Waals surface area contributed by atoms with Gasteiger partial charge in [-0.15, -0.1) is 0 Å². The van der Waals surface area contributed by atoms with Crippen LogP contribution in [0.2, 0.25) is 0 Å². The molecular weight excluding hydrogens is 280 g/mol. The van der Waals surface area contributed by atoms with Gasteiger partial charge in [-0.1, -0.05) is 48.5 Å². The molecule has 2 aromatic carbocycles. The molecule has 2 N–H and O–H groups in total. The lowest BCUT2D eigenvalue weighted by atomic mass is 9.87. The molecule has 0 bridgehead atoms. The molecule has 2 aromatic rings. The Morgan fingerprint density at radius 3 is 1.86 bits per heavy atom. The van der Waals surface area contributed by atoms with Crippen LogP contribution in [-0.4, -0.2) is 28.9 Å². The average molecular weight is 298 g/mol. The summed E-state index contributed by atoms with van der Waals surface area (Å²) < 4.78 is 0. The minimum atomic E-state index is -0.920. The van der Waals surface area contributed by atoms with E-state index in [1.165, 1.54) is 6.92 Å². The first-order chi connectivity index (χ1) is 10.6. The topological polar surface area (TPSA) is 74.6 Å². The zero-order valence-corrected chi connectivity index (χ0v) is 12.3. The first-order valence-corrected chi connectivity index (χ1v) is 7.01. The van der Waals surface area contributed by atoms with Crippen molar-refractivity contribution in [1.82, 2.24) is 0 Å². The largest absolute Gasteiger partial charge is 0.393 e. The number of rotatable bonds is 6. The first-order valence-electron chi connectivity index (χ1n) is 7.01. The molecule has 0 fully saturated rings. The van der Waals surface area contributed by atoms with Crippen LogP contribution in [0.5, 0.6) is 0 Å². The third-order valence-corrected chi connectivity index (χ3v) is 3.64. The number of Topliss-reactive ketones (excluding diaryl/α,β-unsaturated/α-hetero) is 1. The molecule has 2 unspecified atom stereocenters. The lowest BCUT2D eigenvalue weighted by Gasteiger charge is -2.16. The maximum Gasteiger partial charge on any atom is 0.150 e. The van der Waals surface area contributed by atoms with Gasteiger partial charge in [-0.05, 0) is 23.6 Å². The number of aldehydes is 1. The van der Waals surface area contributed by atoms with E-state index in [1.54, 1.807) is 48.5 Å². The van der Waals surface area contributed by atoms with E-state index in [0.29, 0.717) is 11.1 Å². The fraction of sp³-hybridized carbons (Fsp3) is 0.222. The van der Waals surface area contributed by atoms with Gasteiger partial charge in [0.15, 0.2) is 0 Å². The van der Waals surface area contributed by atoms with Crippen molar-refractivity contribution in [3.63, 3.8) is 0 Å². The average Bonchev–Trinajstić information content (AvgIpc) is 2.55. The van der Waals surface area contributed by atoms with Crippen molar-refractivity contribution in [3.05, 3.63) is 70.8 Å². The van der Waals surface area contributed by atoms with Crippen LogP contribution in [0.3, 0.4) is 0 Å². The highest BCUT2D eigenvalue weighted by atomic mass is 16.3. The SMILES string of the molecule is CC(=O)C(c1ccc(C=O)cc1)c1ccc(C(O)CO)cc1. The Kier molecular flexibility index (Phi) is 5.20. The summed E-state index contributed by atoms with van der Waals surface area (Å²) >= 11 is 0. The monoisotopic (exact) mass is 298 g/mol. The van der Waals surface area contributed by atoms with Crippen LogP contribution in [0, 0.1) is 0 Å². The third kappa shape index (κ3) is 3.47. The Labute approximate surface area is 129 Å². The van der Waals surface area contributed by atoms with Gasteiger partial charge in [-0.2, -0.15) is 0 Å². The van der Waals surface area contributed by atoms with E-state index in [9.17, 15) is 14.7 Å². The molecule has 0 saturated heterocycles. The van der Waals surface area contributed by atoms with Crippen molar-refractivity contribution in [2.24, 2.45) is 0 Å². The lowest BCUT2D eigenvalue weighted by molar-refractivity contribution is -0.117. The smallest absolute Gasteiger partial charge is 0.150 e. The fourth-order valence-electron chi connectivity index (χ4n) is 2.44. The summed E-state index contributed by atoms with van der Waals surface area (Å²) in [7, 11) is 0. The van der Waals surface area contributed by atoms with Crippen molar-refractivity contribution < 1.29 is 19.8 Å². The van der Waals surface area contributed by atoms with Crippen LogP contribution in [0.1, 0.15) is 46.0 Å². The molecule has 4 heteroatoms. The molecule has 0 heterocycles. The second-order valence-corrected chi connectivity index (χ2v) is 5.19. The summed E-state index contributed by atoms with van der Waals surface area (Å²) in [4.78, 5) is 22.7. The summed E-state index contributed by atoms with van der Waals surface area (Å²) in [5, 5.41) is 18.5. The molecule has 2 atom stereocenters. The van der Waals surface area contributed by atoms with Gasteiger partial charge in [0.1, 0.15) is 18.2 Å².